The van der Waals surface area contributed by atoms with Gasteiger partial charge < -0.3 is 9.47 Å². The molecule has 3 aliphatic rings. The van der Waals surface area contributed by atoms with Crippen molar-refractivity contribution in [3.8, 4) is 0 Å². The van der Waals surface area contributed by atoms with Gasteiger partial charge in [0.15, 0.2) is 17.5 Å². The van der Waals surface area contributed by atoms with Crippen molar-refractivity contribution in [3.05, 3.63) is 65.0 Å². The van der Waals surface area contributed by atoms with E-state index in [0.717, 1.165) is 16.7 Å². The van der Waals surface area contributed by atoms with E-state index in [1.807, 2.05) is 36.4 Å². The third-order valence-corrected chi connectivity index (χ3v) is 4.29. The molecule has 1 heterocycles. The van der Waals surface area contributed by atoms with E-state index in [-0.39, 0.29) is 17.9 Å². The first-order valence-electron chi connectivity index (χ1n) is 7.15. The average molecular weight is 294 g/mol. The number of hydrogen-bond donors (Lipinski definition) is 0. The van der Waals surface area contributed by atoms with Crippen molar-refractivity contribution in [2.45, 2.75) is 25.6 Å². The molecule has 2 aliphatic carbocycles. The number of esters is 1. The molecule has 1 saturated heterocycles. The Morgan fingerprint density at radius 1 is 1.18 bits per heavy atom. The van der Waals surface area contributed by atoms with E-state index in [1.54, 1.807) is 13.0 Å². The first-order chi connectivity index (χ1) is 10.5. The highest BCUT2D eigenvalue weighted by Crippen LogP contribution is 2.60. The van der Waals surface area contributed by atoms with Crippen LogP contribution in [-0.4, -0.2) is 17.9 Å². The molecule has 0 amide bonds. The van der Waals surface area contributed by atoms with Gasteiger partial charge in [-0.15, -0.1) is 0 Å². The second-order valence-electron chi connectivity index (χ2n) is 5.68. The maximum Gasteiger partial charge on any atom is 0.307 e. The first-order valence-corrected chi connectivity index (χ1v) is 7.15. The van der Waals surface area contributed by atoms with Gasteiger partial charge in [-0.25, -0.2) is 0 Å². The van der Waals surface area contributed by atoms with Crippen molar-refractivity contribution in [1.29, 1.82) is 0 Å². The van der Waals surface area contributed by atoms with Gasteiger partial charge in [-0.1, -0.05) is 30.3 Å². The second kappa shape index (κ2) is 4.27. The molecule has 1 spiro atoms. The van der Waals surface area contributed by atoms with Gasteiger partial charge in [0.25, 0.3) is 0 Å². The number of ether oxygens (including phenoxy) is 2. The molecule has 0 N–H and O–H groups in total. The van der Waals surface area contributed by atoms with Gasteiger partial charge in [0.05, 0.1) is 0 Å². The number of carbonyl (C=O) groups excluding carboxylic acids is 2. The molecule has 0 radical (unpaired) electrons. The van der Waals surface area contributed by atoms with Crippen LogP contribution in [0.1, 0.15) is 25.0 Å². The zero-order valence-electron chi connectivity index (χ0n) is 12.3. The topological polar surface area (TPSA) is 55.9 Å². The van der Waals surface area contributed by atoms with Crippen LogP contribution in [-0.2, 0) is 24.7 Å². The molecule has 0 saturated carbocycles. The molecule has 1 aliphatic heterocycles. The largest absolute Gasteiger partial charge is 0.428 e. The fourth-order valence-corrected chi connectivity index (χ4v) is 3.35. The summed E-state index contributed by atoms with van der Waals surface area (Å²) < 4.78 is 11.2. The standard InChI is InChI=1S/C18H14O4/c1-10(19)14-9-12-7-8-16(21-11(2)20)17-18(12,22-17)15-6-4-3-5-13(14)15/h3-9,17H,1-2H3. The number of hydrogen-bond acceptors (Lipinski definition) is 4. The predicted octanol–water partition coefficient (Wildman–Crippen LogP) is 2.65. The number of Topliss-reactive ketones (excluding diaryl/α,β-unsaturated/α-hetero) is 1. The van der Waals surface area contributed by atoms with Crippen LogP contribution in [0.4, 0.5) is 0 Å². The normalized spacial score (nSPS) is 27.4. The molecular weight excluding hydrogens is 280 g/mol. The smallest absolute Gasteiger partial charge is 0.307 e. The fourth-order valence-electron chi connectivity index (χ4n) is 3.35. The molecule has 2 unspecified atom stereocenters. The molecule has 4 rings (SSSR count). The molecule has 0 aromatic heterocycles. The maximum atomic E-state index is 11.9. The van der Waals surface area contributed by atoms with Crippen molar-refractivity contribution >= 4 is 17.3 Å². The molecule has 4 heteroatoms. The van der Waals surface area contributed by atoms with E-state index in [2.05, 4.69) is 0 Å². The highest BCUT2D eigenvalue weighted by molar-refractivity contribution is 6.21. The molecule has 4 nitrogen and oxygen atoms in total. The summed E-state index contributed by atoms with van der Waals surface area (Å²) in [5.41, 5.74) is 2.84. The Kier molecular flexibility index (Phi) is 2.57. The lowest BCUT2D eigenvalue weighted by molar-refractivity contribution is -0.137. The molecular formula is C18H14O4. The number of allylic oxidation sites excluding steroid dienone is 3. The van der Waals surface area contributed by atoms with E-state index in [0.29, 0.717) is 11.3 Å². The summed E-state index contributed by atoms with van der Waals surface area (Å²) in [6.07, 6.45) is 5.18. The van der Waals surface area contributed by atoms with Crippen molar-refractivity contribution in [1.82, 2.24) is 0 Å². The zero-order chi connectivity index (χ0) is 15.5. The third kappa shape index (κ3) is 1.61. The zero-order valence-corrected chi connectivity index (χ0v) is 12.3. The first kappa shape index (κ1) is 13.2. The number of benzene rings is 1. The van der Waals surface area contributed by atoms with Crippen LogP contribution in [0.25, 0.3) is 5.57 Å². The Morgan fingerprint density at radius 3 is 2.68 bits per heavy atom. The van der Waals surface area contributed by atoms with Crippen LogP contribution >= 0.6 is 0 Å². The minimum Gasteiger partial charge on any atom is -0.428 e. The minimum atomic E-state index is -0.616. The lowest BCUT2D eigenvalue weighted by Gasteiger charge is -2.27. The van der Waals surface area contributed by atoms with Crippen LogP contribution < -0.4 is 0 Å². The van der Waals surface area contributed by atoms with Gasteiger partial charge in [-0.2, -0.15) is 0 Å². The summed E-state index contributed by atoms with van der Waals surface area (Å²) in [6.45, 7) is 2.94. The molecule has 2 atom stereocenters. The Labute approximate surface area is 127 Å². The lowest BCUT2D eigenvalue weighted by Crippen LogP contribution is -2.25. The van der Waals surface area contributed by atoms with Gasteiger partial charge in [0.2, 0.25) is 0 Å². The van der Waals surface area contributed by atoms with Crippen LogP contribution in [0.2, 0.25) is 0 Å². The van der Waals surface area contributed by atoms with E-state index < -0.39 is 5.60 Å². The fraction of sp³-hybridized carbons (Fsp3) is 0.222. The summed E-state index contributed by atoms with van der Waals surface area (Å²) in [5, 5.41) is 0. The van der Waals surface area contributed by atoms with Gasteiger partial charge in [-0.05, 0) is 35.8 Å². The van der Waals surface area contributed by atoms with E-state index >= 15 is 0 Å². The highest BCUT2D eigenvalue weighted by atomic mass is 16.6. The van der Waals surface area contributed by atoms with Crippen LogP contribution in [0, 0.1) is 0 Å². The average Bonchev–Trinajstić information content (AvgIpc) is 3.22. The van der Waals surface area contributed by atoms with Crippen LogP contribution in [0.5, 0.6) is 0 Å². The highest BCUT2D eigenvalue weighted by Gasteiger charge is 2.65. The molecule has 110 valence electrons. The predicted molar refractivity (Wildman–Crippen MR) is 79.6 cm³/mol. The molecule has 22 heavy (non-hydrogen) atoms. The van der Waals surface area contributed by atoms with Crippen LogP contribution in [0.15, 0.2) is 53.8 Å². The Morgan fingerprint density at radius 2 is 1.95 bits per heavy atom. The molecule has 1 aromatic rings. The minimum absolute atomic E-state index is 0.0233. The monoisotopic (exact) mass is 294 g/mol. The van der Waals surface area contributed by atoms with E-state index in [9.17, 15) is 9.59 Å². The van der Waals surface area contributed by atoms with Crippen molar-refractivity contribution in [2.75, 3.05) is 0 Å². The quantitative estimate of drug-likeness (QED) is 0.621. The summed E-state index contributed by atoms with van der Waals surface area (Å²) in [6, 6.07) is 7.73. The number of rotatable bonds is 2. The van der Waals surface area contributed by atoms with Gasteiger partial charge in [-0.3, -0.25) is 9.59 Å². The SMILES string of the molecule is CC(=O)OC1=CC=C2C=C(C(C)=O)c3ccccc3C23OC13. The molecule has 0 bridgehead atoms. The Hall–Kier alpha value is -2.46. The van der Waals surface area contributed by atoms with Crippen molar-refractivity contribution < 1.29 is 19.1 Å². The lowest BCUT2D eigenvalue weighted by atomic mass is 9.75. The van der Waals surface area contributed by atoms with Crippen LogP contribution in [0.3, 0.4) is 0 Å². The number of fused-ring (bicyclic) bond motifs is 1. The number of epoxide rings is 1. The number of carbonyl (C=O) groups is 2. The summed E-state index contributed by atoms with van der Waals surface area (Å²) >= 11 is 0. The van der Waals surface area contributed by atoms with Gasteiger partial charge in [0, 0.05) is 12.5 Å². The van der Waals surface area contributed by atoms with Gasteiger partial charge in [0.1, 0.15) is 5.76 Å². The summed E-state index contributed by atoms with van der Waals surface area (Å²) in [5.74, 6) is 0.179. The van der Waals surface area contributed by atoms with Crippen molar-refractivity contribution in [2.24, 2.45) is 0 Å². The molecule has 1 aromatic carbocycles. The maximum absolute atomic E-state index is 11.9. The number of ketones is 1. The van der Waals surface area contributed by atoms with E-state index in [4.69, 9.17) is 9.47 Å². The summed E-state index contributed by atoms with van der Waals surface area (Å²) in [4.78, 5) is 23.2. The molecule has 1 fully saturated rings. The Balaban J connectivity index is 1.89. The van der Waals surface area contributed by atoms with E-state index in [1.165, 1.54) is 6.92 Å². The van der Waals surface area contributed by atoms with Crippen molar-refractivity contribution in [3.63, 3.8) is 0 Å². The second-order valence-corrected chi connectivity index (χ2v) is 5.68. The summed E-state index contributed by atoms with van der Waals surface area (Å²) in [7, 11) is 0. The Bertz CT molecular complexity index is 812. The van der Waals surface area contributed by atoms with Gasteiger partial charge >= 0.3 is 5.97 Å². The third-order valence-electron chi connectivity index (χ3n) is 4.29.